The van der Waals surface area contributed by atoms with Crippen LogP contribution in [0.4, 0.5) is 0 Å². The summed E-state index contributed by atoms with van der Waals surface area (Å²) in [5, 5.41) is 26.9. The summed E-state index contributed by atoms with van der Waals surface area (Å²) < 4.78 is 45.9. The minimum Gasteiger partial charge on any atom is -0.360 e. The number of ether oxygens (including phenoxy) is 8. The van der Waals surface area contributed by atoms with Crippen LogP contribution in [-0.4, -0.2) is 179 Å². The molecule has 0 aliphatic carbocycles. The highest BCUT2D eigenvalue weighted by molar-refractivity contribution is 5.81. The zero-order valence-electron chi connectivity index (χ0n) is 56.8. The largest absolute Gasteiger partial charge is 0.360 e. The number of carbonyl (C=O) groups excluding carboxylic acids is 10. The molecule has 10 amide bonds. The molecule has 0 aromatic carbocycles. The zero-order valence-corrected chi connectivity index (χ0v) is 56.8. The van der Waals surface area contributed by atoms with Gasteiger partial charge in [-0.1, -0.05) is 138 Å². The van der Waals surface area contributed by atoms with Crippen molar-refractivity contribution in [1.82, 2.24) is 53.2 Å². The molecular weight excluding hydrogens is 1150 g/mol. The topological polar surface area (TPSA) is 365 Å². The summed E-state index contributed by atoms with van der Waals surface area (Å²) in [5.41, 5.74) is -1.76. The van der Waals surface area contributed by atoms with Gasteiger partial charge in [0.1, 0.15) is 53.8 Å². The third-order valence-electron chi connectivity index (χ3n) is 12.0. The third kappa shape index (κ3) is 45.6. The van der Waals surface area contributed by atoms with Gasteiger partial charge < -0.3 is 91.1 Å². The lowest BCUT2D eigenvalue weighted by molar-refractivity contribution is -0.138. The minimum absolute atomic E-state index is 0.00389. The number of rotatable bonds is 45. The van der Waals surface area contributed by atoms with Gasteiger partial charge in [-0.15, -0.1) is 0 Å². The van der Waals surface area contributed by atoms with E-state index in [0.717, 1.165) is 0 Å². The minimum atomic E-state index is -0.879. The van der Waals surface area contributed by atoms with Crippen molar-refractivity contribution in [3.05, 3.63) is 0 Å². The van der Waals surface area contributed by atoms with Crippen molar-refractivity contribution in [3.63, 3.8) is 0 Å². The summed E-state index contributed by atoms with van der Waals surface area (Å²) in [4.78, 5) is 117. The van der Waals surface area contributed by atoms with Gasteiger partial charge in [-0.25, -0.2) is 0 Å². The Hall–Kier alpha value is -5.62. The zero-order chi connectivity index (χ0) is 68.0. The predicted molar refractivity (Wildman–Crippen MR) is 331 cm³/mol. The molecule has 28 nitrogen and oxygen atoms in total. The number of hydrogen-bond acceptors (Lipinski definition) is 18. The van der Waals surface area contributed by atoms with Gasteiger partial charge in [-0.2, -0.15) is 0 Å². The highest BCUT2D eigenvalue weighted by Gasteiger charge is 2.35. The third-order valence-corrected chi connectivity index (χ3v) is 12.0. The monoisotopic (exact) mass is 1260 g/mol. The van der Waals surface area contributed by atoms with Gasteiger partial charge >= 0.3 is 0 Å². The second-order valence-corrected chi connectivity index (χ2v) is 24.4. The molecule has 0 rings (SSSR count). The lowest BCUT2D eigenvalue weighted by Crippen LogP contribution is -2.46. The fraction of sp³-hybridized carbons (Fsp3) is 0.833. The van der Waals surface area contributed by atoms with Gasteiger partial charge in [0.2, 0.25) is 59.1 Å². The average Bonchev–Trinajstić information content (AvgIpc) is 3.65. The Kier molecular flexibility index (Phi) is 49.4. The quantitative estimate of drug-likeness (QED) is 0.0309. The van der Waals surface area contributed by atoms with Gasteiger partial charge in [-0.05, 0) is 0 Å². The van der Waals surface area contributed by atoms with E-state index in [-0.39, 0.29) is 225 Å². The van der Waals surface area contributed by atoms with Crippen LogP contribution in [0.1, 0.15) is 138 Å². The van der Waals surface area contributed by atoms with Crippen LogP contribution in [0.5, 0.6) is 0 Å². The van der Waals surface area contributed by atoms with Crippen LogP contribution in [0, 0.1) is 70.0 Å². The molecule has 0 spiro atoms. The molecule has 0 unspecified atom stereocenters. The summed E-state index contributed by atoms with van der Waals surface area (Å²) in [6.07, 6.45) is 0. The van der Waals surface area contributed by atoms with Crippen molar-refractivity contribution in [2.45, 2.75) is 138 Å². The predicted octanol–water partition coefficient (Wildman–Crippen LogP) is 2.45. The Balaban J connectivity index is -0.00000135. The highest BCUT2D eigenvalue weighted by atomic mass is 16.5. The summed E-state index contributed by atoms with van der Waals surface area (Å²) in [6.45, 7) is 37.0. The van der Waals surface area contributed by atoms with Crippen molar-refractivity contribution in [2.24, 2.45) is 70.0 Å². The van der Waals surface area contributed by atoms with Crippen LogP contribution in [-0.2, 0) is 85.8 Å². The summed E-state index contributed by atoms with van der Waals surface area (Å²) in [6, 6.07) is 0. The van der Waals surface area contributed by atoms with E-state index in [1.54, 1.807) is 111 Å². The molecule has 0 aliphatic rings. The Labute approximate surface area is 524 Å². The molecule has 0 fully saturated rings. The molecule has 0 bridgehead atoms. The molecule has 0 heterocycles. The summed E-state index contributed by atoms with van der Waals surface area (Å²) in [7, 11) is 0. The average molecular weight is 1270 g/mol. The first-order valence-corrected chi connectivity index (χ1v) is 30.5. The number of carbonyl (C=O) groups is 10. The fourth-order valence-corrected chi connectivity index (χ4v) is 6.03. The molecule has 28 heteroatoms. The first kappa shape index (κ1) is 86.6. The van der Waals surface area contributed by atoms with Crippen LogP contribution in [0.15, 0.2) is 0 Å². The molecule has 0 radical (unpaired) electrons. The second-order valence-electron chi connectivity index (χ2n) is 24.4. The molecule has 0 aliphatic heterocycles. The van der Waals surface area contributed by atoms with Crippen LogP contribution in [0.25, 0.3) is 0 Å². The number of nitrogens with one attached hydrogen (secondary N) is 10. The molecular formula is C60H116N10O18. The molecule has 0 saturated heterocycles. The number of hydrogen-bond donors (Lipinski definition) is 10. The Morgan fingerprint density at radius 2 is 0.307 bits per heavy atom. The van der Waals surface area contributed by atoms with E-state index in [9.17, 15) is 47.9 Å². The molecule has 0 aromatic rings. The van der Waals surface area contributed by atoms with Gasteiger partial charge in [0.15, 0.2) is 0 Å². The maximum atomic E-state index is 11.9. The van der Waals surface area contributed by atoms with Gasteiger partial charge in [-0.3, -0.25) is 47.9 Å². The highest BCUT2D eigenvalue weighted by Crippen LogP contribution is 2.22. The fourth-order valence-electron chi connectivity index (χ4n) is 6.03. The molecule has 0 atom stereocenters. The van der Waals surface area contributed by atoms with E-state index in [4.69, 9.17) is 37.9 Å². The van der Waals surface area contributed by atoms with E-state index in [1.165, 1.54) is 0 Å². The Bertz CT molecular complexity index is 1630. The molecule has 88 heavy (non-hydrogen) atoms. The summed E-state index contributed by atoms with van der Waals surface area (Å²) in [5.74, 6) is -2.75. The normalized spacial score (nSPS) is 11.6. The van der Waals surface area contributed by atoms with Gasteiger partial charge in [0.25, 0.3) is 0 Å². The van der Waals surface area contributed by atoms with Crippen molar-refractivity contribution in [2.75, 3.05) is 120 Å². The van der Waals surface area contributed by atoms with E-state index in [1.807, 2.05) is 27.7 Å². The maximum Gasteiger partial charge on any atom is 0.224 e. The van der Waals surface area contributed by atoms with Crippen LogP contribution in [0.2, 0.25) is 0 Å². The Morgan fingerprint density at radius 3 is 0.409 bits per heavy atom. The van der Waals surface area contributed by atoms with Crippen LogP contribution >= 0.6 is 0 Å². The van der Waals surface area contributed by atoms with Crippen molar-refractivity contribution >= 4 is 59.1 Å². The maximum absolute atomic E-state index is 11.9. The van der Waals surface area contributed by atoms with E-state index < -0.39 is 10.8 Å². The SMILES string of the molecule is CC(C)C(=O)NCCNC(=O)C(C)C.CC(C)C(=O)NCOCC(COCNC(=O)C(C)C)(COCNC(=O)C(C)C)COCNC(=O)C(C)C.CC(C)C(=O)NCOCC(COCNC(=O)C(C)C)(COCNC(=O)C(C)C)COCNC(=O)C(C)C. The second kappa shape index (κ2) is 50.2. The van der Waals surface area contributed by atoms with E-state index >= 15 is 0 Å². The van der Waals surface area contributed by atoms with Crippen molar-refractivity contribution in [3.8, 4) is 0 Å². The Morgan fingerprint density at radius 1 is 0.205 bits per heavy atom. The summed E-state index contributed by atoms with van der Waals surface area (Å²) >= 11 is 0. The molecule has 0 aromatic heterocycles. The molecule has 0 saturated carbocycles. The van der Waals surface area contributed by atoms with E-state index in [0.29, 0.717) is 13.1 Å². The van der Waals surface area contributed by atoms with Crippen molar-refractivity contribution < 1.29 is 85.8 Å². The molecule has 514 valence electrons. The number of amides is 10. The van der Waals surface area contributed by atoms with Gasteiger partial charge in [0, 0.05) is 72.3 Å². The smallest absolute Gasteiger partial charge is 0.224 e. The van der Waals surface area contributed by atoms with Gasteiger partial charge in [0.05, 0.1) is 63.7 Å². The lowest BCUT2D eigenvalue weighted by atomic mass is 9.92. The molecule has 10 N–H and O–H groups in total. The van der Waals surface area contributed by atoms with Crippen LogP contribution in [0.3, 0.4) is 0 Å². The standard InChI is InChI=1S/2C25H48N4O8.C10H20N2O2/c2*1-17(2)21(30)26-13-34-9-25(10-35-14-27-22(31)18(3)4,11-36-15-28-23(32)19(5)6)12-37-16-29-24(33)20(7)8;1-7(2)9(13)11-5-6-12-10(14)8(3)4/h2*17-20H,9-16H2,1-8H3,(H,26,30)(H,27,31)(H,28,32)(H,29,33);7-8H,5-6H2,1-4H3,(H,11,13)(H,12,14). The first-order valence-electron chi connectivity index (χ1n) is 30.5. The first-order chi connectivity index (χ1) is 41.1. The van der Waals surface area contributed by atoms with Crippen molar-refractivity contribution in [1.29, 1.82) is 0 Å². The van der Waals surface area contributed by atoms with E-state index in [2.05, 4.69) is 53.2 Å². The van der Waals surface area contributed by atoms with Crippen LogP contribution < -0.4 is 53.2 Å². The lowest BCUT2D eigenvalue weighted by Gasteiger charge is -2.33.